The van der Waals surface area contributed by atoms with Crippen molar-refractivity contribution in [3.63, 3.8) is 0 Å². The number of aliphatic hydroxyl groups excluding tert-OH is 1. The smallest absolute Gasteiger partial charge is 0.270 e. The van der Waals surface area contributed by atoms with Gasteiger partial charge in [-0.1, -0.05) is 12.1 Å². The summed E-state index contributed by atoms with van der Waals surface area (Å²) in [5.74, 6) is 2.04. The summed E-state index contributed by atoms with van der Waals surface area (Å²) in [6.07, 6.45) is 7.47. The van der Waals surface area contributed by atoms with E-state index in [9.17, 15) is 14.7 Å². The molecule has 0 spiro atoms. The van der Waals surface area contributed by atoms with E-state index in [2.05, 4.69) is 25.9 Å². The lowest BCUT2D eigenvalue weighted by atomic mass is 9.50. The van der Waals surface area contributed by atoms with Gasteiger partial charge in [-0.15, -0.1) is 0 Å². The predicted octanol–water partition coefficient (Wildman–Crippen LogP) is 4.25. The number of nitrogens with one attached hydrogen (secondary N) is 3. The fraction of sp³-hybridized carbons (Fsp3) is 0.533. The largest absolute Gasteiger partial charge is 0.394 e. The van der Waals surface area contributed by atoms with Crippen LogP contribution in [-0.4, -0.2) is 49.5 Å². The van der Waals surface area contributed by atoms with Crippen LogP contribution >= 0.6 is 0 Å². The van der Waals surface area contributed by atoms with Gasteiger partial charge in [-0.2, -0.15) is 10.2 Å². The summed E-state index contributed by atoms with van der Waals surface area (Å²) in [6, 6.07) is 8.47. The van der Waals surface area contributed by atoms with Crippen LogP contribution in [0.2, 0.25) is 0 Å². The summed E-state index contributed by atoms with van der Waals surface area (Å²) in [5.41, 5.74) is 5.10. The molecule has 206 valence electrons. The number of anilines is 1. The number of rotatable bonds is 8. The lowest BCUT2D eigenvalue weighted by Gasteiger charge is -2.56. The summed E-state index contributed by atoms with van der Waals surface area (Å²) < 4.78 is 1.53. The molecule has 2 aromatic heterocycles. The molecule has 2 atom stereocenters. The molecule has 9 heteroatoms. The number of hydrogen-bond donors (Lipinski definition) is 4. The Kier molecular flexibility index (Phi) is 6.79. The number of aliphatic hydroxyl groups is 1. The van der Waals surface area contributed by atoms with E-state index in [-0.39, 0.29) is 30.4 Å². The highest BCUT2D eigenvalue weighted by atomic mass is 16.3. The van der Waals surface area contributed by atoms with Crippen molar-refractivity contribution in [2.24, 2.45) is 29.6 Å². The Morgan fingerprint density at radius 1 is 1.05 bits per heavy atom. The number of aromatic nitrogens is 4. The van der Waals surface area contributed by atoms with E-state index in [1.165, 1.54) is 11.1 Å². The minimum Gasteiger partial charge on any atom is -0.394 e. The number of H-pyrrole nitrogens is 1. The van der Waals surface area contributed by atoms with Crippen molar-refractivity contribution >= 4 is 17.5 Å². The van der Waals surface area contributed by atoms with Crippen molar-refractivity contribution in [3.05, 3.63) is 53.6 Å². The lowest BCUT2D eigenvalue weighted by molar-refractivity contribution is -0.125. The van der Waals surface area contributed by atoms with Crippen LogP contribution < -0.4 is 10.6 Å². The molecule has 4 aliphatic carbocycles. The highest BCUT2D eigenvalue weighted by molar-refractivity contribution is 6.01. The average Bonchev–Trinajstić information content (AvgIpc) is 3.54. The number of hydrogen-bond acceptors (Lipinski definition) is 5. The van der Waals surface area contributed by atoms with Gasteiger partial charge < -0.3 is 15.7 Å². The van der Waals surface area contributed by atoms with Crippen LogP contribution in [0.3, 0.4) is 0 Å². The maximum absolute atomic E-state index is 13.9. The summed E-state index contributed by atoms with van der Waals surface area (Å²) in [7, 11) is 0. The molecular formula is C30H38N6O3. The average molecular weight is 531 g/mol. The summed E-state index contributed by atoms with van der Waals surface area (Å²) in [4.78, 5) is 27.5. The van der Waals surface area contributed by atoms with Crippen LogP contribution in [0, 0.1) is 43.4 Å². The van der Waals surface area contributed by atoms with Gasteiger partial charge in [0.25, 0.3) is 5.91 Å². The Hall–Kier alpha value is -3.46. The molecule has 0 radical (unpaired) electrons. The number of carbonyl (C=O) groups excluding carboxylic acids is 2. The van der Waals surface area contributed by atoms with E-state index in [0.717, 1.165) is 60.0 Å². The third kappa shape index (κ3) is 4.77. The van der Waals surface area contributed by atoms with Gasteiger partial charge in [-0.25, -0.2) is 0 Å². The second-order valence-electron chi connectivity index (χ2n) is 12.0. The van der Waals surface area contributed by atoms with Gasteiger partial charge >= 0.3 is 0 Å². The highest BCUT2D eigenvalue weighted by Gasteiger charge is 2.52. The molecule has 39 heavy (non-hydrogen) atoms. The van der Waals surface area contributed by atoms with E-state index < -0.39 is 6.04 Å². The van der Waals surface area contributed by atoms with E-state index in [4.69, 9.17) is 0 Å². The fourth-order valence-electron chi connectivity index (χ4n) is 7.90. The van der Waals surface area contributed by atoms with Crippen LogP contribution in [0.5, 0.6) is 0 Å². The van der Waals surface area contributed by atoms with Crippen LogP contribution in [0.1, 0.15) is 66.9 Å². The van der Waals surface area contributed by atoms with Gasteiger partial charge in [0.2, 0.25) is 5.91 Å². The standard InChI is InChI=1S/C30H38N6O3/c1-16(15-37)36-25(8-9-31-36)29(38)33-28(27-22-11-19-10-20(13-22)14-23(27)12-19)30(39)32-24-6-4-21(5-7-24)26-17(2)34-35-18(26)3/h4-9,16,19-20,22-23,27-28,37H,10-15H2,1-3H3,(H,32,39)(H,33,38)(H,34,35)/t16?,19?,20?,22?,23?,27?,28-/m0/s1. The lowest BCUT2D eigenvalue weighted by Crippen LogP contribution is -2.58. The topological polar surface area (TPSA) is 125 Å². The second-order valence-corrected chi connectivity index (χ2v) is 12.0. The number of carbonyl (C=O) groups is 2. The summed E-state index contributed by atoms with van der Waals surface area (Å²) in [6.45, 7) is 5.65. The molecule has 4 saturated carbocycles. The molecule has 3 aromatic rings. The Morgan fingerprint density at radius 3 is 2.31 bits per heavy atom. The molecule has 2 amide bonds. The monoisotopic (exact) mass is 530 g/mol. The second kappa shape index (κ2) is 10.3. The van der Waals surface area contributed by atoms with Crippen molar-refractivity contribution < 1.29 is 14.7 Å². The zero-order valence-corrected chi connectivity index (χ0v) is 22.9. The molecular weight excluding hydrogens is 492 g/mol. The molecule has 1 aromatic carbocycles. The number of aryl methyl sites for hydroxylation is 2. The van der Waals surface area contributed by atoms with E-state index >= 15 is 0 Å². The van der Waals surface area contributed by atoms with Crippen LogP contribution in [-0.2, 0) is 4.79 Å². The van der Waals surface area contributed by atoms with Crippen LogP contribution in [0.25, 0.3) is 11.1 Å². The maximum Gasteiger partial charge on any atom is 0.270 e. The Bertz CT molecular complexity index is 1310. The maximum atomic E-state index is 13.9. The molecule has 4 aliphatic rings. The molecule has 7 rings (SSSR count). The Balaban J connectivity index is 1.25. The fourth-order valence-corrected chi connectivity index (χ4v) is 7.90. The van der Waals surface area contributed by atoms with Crippen molar-refractivity contribution in [1.29, 1.82) is 0 Å². The number of benzene rings is 1. The minimum absolute atomic E-state index is 0.115. The normalized spacial score (nSPS) is 26.8. The van der Waals surface area contributed by atoms with E-state index in [0.29, 0.717) is 23.2 Å². The van der Waals surface area contributed by atoms with Crippen LogP contribution in [0.4, 0.5) is 5.69 Å². The van der Waals surface area contributed by atoms with Crippen molar-refractivity contribution in [3.8, 4) is 11.1 Å². The van der Waals surface area contributed by atoms with Crippen LogP contribution in [0.15, 0.2) is 36.5 Å². The first kappa shape index (κ1) is 25.8. The predicted molar refractivity (Wildman–Crippen MR) is 148 cm³/mol. The SMILES string of the molecule is Cc1n[nH]c(C)c1-c1ccc(NC(=O)[C@@H](NC(=O)c2ccnn2C(C)CO)C2C3CC4CC(C3)CC2C4)cc1. The van der Waals surface area contributed by atoms with Gasteiger partial charge in [0.1, 0.15) is 11.7 Å². The van der Waals surface area contributed by atoms with E-state index in [1.807, 2.05) is 45.0 Å². The van der Waals surface area contributed by atoms with Gasteiger partial charge in [0.05, 0.1) is 18.3 Å². The Morgan fingerprint density at radius 2 is 1.72 bits per heavy atom. The molecule has 4 bridgehead atoms. The van der Waals surface area contributed by atoms with Gasteiger partial charge in [0.15, 0.2) is 0 Å². The first-order valence-electron chi connectivity index (χ1n) is 14.2. The first-order valence-corrected chi connectivity index (χ1v) is 14.2. The van der Waals surface area contributed by atoms with Crippen molar-refractivity contribution in [1.82, 2.24) is 25.3 Å². The molecule has 0 saturated heterocycles. The minimum atomic E-state index is -0.640. The molecule has 2 heterocycles. The van der Waals surface area contributed by atoms with Gasteiger partial charge in [0, 0.05) is 23.1 Å². The number of aromatic amines is 1. The third-order valence-electron chi connectivity index (χ3n) is 9.41. The zero-order chi connectivity index (χ0) is 27.3. The van der Waals surface area contributed by atoms with Crippen molar-refractivity contribution in [2.45, 2.75) is 65.0 Å². The molecule has 4 fully saturated rings. The first-order chi connectivity index (χ1) is 18.8. The van der Waals surface area contributed by atoms with E-state index in [1.54, 1.807) is 12.3 Å². The quantitative estimate of drug-likeness (QED) is 0.347. The molecule has 1 unspecified atom stereocenters. The Labute approximate surface area is 228 Å². The van der Waals surface area contributed by atoms with Crippen molar-refractivity contribution in [2.75, 3.05) is 11.9 Å². The molecule has 9 nitrogen and oxygen atoms in total. The highest BCUT2D eigenvalue weighted by Crippen LogP contribution is 2.57. The number of amides is 2. The zero-order valence-electron chi connectivity index (χ0n) is 22.9. The van der Waals surface area contributed by atoms with Gasteiger partial charge in [-0.3, -0.25) is 19.4 Å². The number of nitrogens with zero attached hydrogens (tertiary/aromatic N) is 3. The molecule has 4 N–H and O–H groups in total. The summed E-state index contributed by atoms with van der Waals surface area (Å²) >= 11 is 0. The third-order valence-corrected chi connectivity index (χ3v) is 9.41. The van der Waals surface area contributed by atoms with Gasteiger partial charge in [-0.05, 0) is 106 Å². The molecule has 0 aliphatic heterocycles. The summed E-state index contributed by atoms with van der Waals surface area (Å²) in [5, 5.41) is 27.4.